The molecule has 18 heavy (non-hydrogen) atoms. The fourth-order valence-corrected chi connectivity index (χ4v) is 1.55. The fraction of sp³-hybridized carbons (Fsp3) is 0.500. The zero-order valence-corrected chi connectivity index (χ0v) is 11.4. The highest BCUT2D eigenvalue weighted by Crippen LogP contribution is 2.14. The lowest BCUT2D eigenvalue weighted by Gasteiger charge is -2.25. The minimum absolute atomic E-state index is 0.192. The smallest absolute Gasteiger partial charge is 0.407 e. The standard InChI is InChI=1S/C14H22N2O2/c1-10(16-13(17)18-14(2,3)4)12(15)11-8-6-5-7-9-11/h5-10,12H,15H2,1-4H3,(H,16,17)/t10-,12?/m1/s1. The van der Waals surface area contributed by atoms with E-state index in [1.807, 2.05) is 58.0 Å². The zero-order valence-electron chi connectivity index (χ0n) is 11.4. The number of carbonyl (C=O) groups excluding carboxylic acids is 1. The predicted molar refractivity (Wildman–Crippen MR) is 72.2 cm³/mol. The lowest BCUT2D eigenvalue weighted by atomic mass is 10.0. The first-order valence-electron chi connectivity index (χ1n) is 6.09. The van der Waals surface area contributed by atoms with Gasteiger partial charge in [0.2, 0.25) is 0 Å². The van der Waals surface area contributed by atoms with Crippen LogP contribution in [0.4, 0.5) is 4.79 Å². The minimum Gasteiger partial charge on any atom is -0.444 e. The number of hydrogen-bond acceptors (Lipinski definition) is 3. The Morgan fingerprint density at radius 2 is 1.83 bits per heavy atom. The van der Waals surface area contributed by atoms with E-state index in [-0.39, 0.29) is 12.1 Å². The number of hydrogen-bond donors (Lipinski definition) is 2. The summed E-state index contributed by atoms with van der Waals surface area (Å²) in [5.74, 6) is 0. The third kappa shape index (κ3) is 4.75. The molecule has 1 rings (SSSR count). The van der Waals surface area contributed by atoms with Crippen LogP contribution in [0.3, 0.4) is 0 Å². The number of nitrogens with one attached hydrogen (secondary N) is 1. The van der Waals surface area contributed by atoms with Crippen molar-refractivity contribution >= 4 is 6.09 Å². The van der Waals surface area contributed by atoms with Gasteiger partial charge in [-0.3, -0.25) is 0 Å². The second kappa shape index (κ2) is 5.87. The van der Waals surface area contributed by atoms with Crippen LogP contribution in [-0.4, -0.2) is 17.7 Å². The van der Waals surface area contributed by atoms with Gasteiger partial charge in [0.1, 0.15) is 5.60 Å². The number of amides is 1. The predicted octanol–water partition coefficient (Wildman–Crippen LogP) is 2.60. The van der Waals surface area contributed by atoms with Crippen molar-refractivity contribution < 1.29 is 9.53 Å². The summed E-state index contributed by atoms with van der Waals surface area (Å²) < 4.78 is 5.19. The maximum absolute atomic E-state index is 11.6. The van der Waals surface area contributed by atoms with E-state index >= 15 is 0 Å². The van der Waals surface area contributed by atoms with Gasteiger partial charge in [0.25, 0.3) is 0 Å². The van der Waals surface area contributed by atoms with Crippen LogP contribution >= 0.6 is 0 Å². The molecule has 0 saturated heterocycles. The Labute approximate surface area is 109 Å². The molecule has 0 radical (unpaired) electrons. The molecule has 0 heterocycles. The van der Waals surface area contributed by atoms with Crippen LogP contribution in [0.1, 0.15) is 39.3 Å². The average Bonchev–Trinajstić information content (AvgIpc) is 2.26. The summed E-state index contributed by atoms with van der Waals surface area (Å²) in [5.41, 5.74) is 6.57. The second-order valence-electron chi connectivity index (χ2n) is 5.37. The summed E-state index contributed by atoms with van der Waals surface area (Å²) in [6.07, 6.45) is -0.443. The van der Waals surface area contributed by atoms with Gasteiger partial charge in [-0.25, -0.2) is 4.79 Å². The van der Waals surface area contributed by atoms with Crippen molar-refractivity contribution in [2.24, 2.45) is 5.73 Å². The maximum Gasteiger partial charge on any atom is 0.407 e. The van der Waals surface area contributed by atoms with Gasteiger partial charge in [-0.1, -0.05) is 30.3 Å². The number of benzene rings is 1. The average molecular weight is 250 g/mol. The van der Waals surface area contributed by atoms with Gasteiger partial charge in [-0.15, -0.1) is 0 Å². The summed E-state index contributed by atoms with van der Waals surface area (Å²) in [5, 5.41) is 2.75. The molecular weight excluding hydrogens is 228 g/mol. The van der Waals surface area contributed by atoms with E-state index in [1.54, 1.807) is 0 Å². The summed E-state index contributed by atoms with van der Waals surface area (Å²) in [7, 11) is 0. The first-order chi connectivity index (χ1) is 8.29. The van der Waals surface area contributed by atoms with Crippen molar-refractivity contribution in [1.82, 2.24) is 5.32 Å². The van der Waals surface area contributed by atoms with Crippen molar-refractivity contribution in [3.63, 3.8) is 0 Å². The largest absolute Gasteiger partial charge is 0.444 e. The molecule has 0 spiro atoms. The number of nitrogens with two attached hydrogens (primary N) is 1. The molecule has 0 aliphatic carbocycles. The Hall–Kier alpha value is -1.55. The summed E-state index contributed by atoms with van der Waals surface area (Å²) in [6.45, 7) is 7.35. The van der Waals surface area contributed by atoms with Crippen LogP contribution < -0.4 is 11.1 Å². The van der Waals surface area contributed by atoms with Crippen LogP contribution in [0.5, 0.6) is 0 Å². The highest BCUT2D eigenvalue weighted by molar-refractivity contribution is 5.68. The second-order valence-corrected chi connectivity index (χ2v) is 5.37. The molecule has 1 unspecified atom stereocenters. The van der Waals surface area contributed by atoms with E-state index in [2.05, 4.69) is 5.32 Å². The Kier molecular flexibility index (Phi) is 4.73. The van der Waals surface area contributed by atoms with Gasteiger partial charge in [0.05, 0.1) is 0 Å². The number of carbonyl (C=O) groups is 1. The molecule has 3 N–H and O–H groups in total. The van der Waals surface area contributed by atoms with Crippen molar-refractivity contribution in [3.8, 4) is 0 Å². The third-order valence-corrected chi connectivity index (χ3v) is 2.47. The molecule has 0 aliphatic rings. The van der Waals surface area contributed by atoms with Gasteiger partial charge in [0, 0.05) is 12.1 Å². The Bertz CT molecular complexity index is 385. The zero-order chi connectivity index (χ0) is 13.8. The molecule has 2 atom stereocenters. The Balaban J connectivity index is 2.55. The molecule has 1 amide bonds. The number of alkyl carbamates (subject to hydrolysis) is 1. The molecule has 4 heteroatoms. The molecule has 1 aromatic rings. The first kappa shape index (κ1) is 14.5. The van der Waals surface area contributed by atoms with Crippen LogP contribution in [0.25, 0.3) is 0 Å². The molecule has 1 aromatic carbocycles. The molecule has 0 saturated carbocycles. The molecule has 0 bridgehead atoms. The lowest BCUT2D eigenvalue weighted by molar-refractivity contribution is 0.0501. The molecule has 0 fully saturated rings. The van der Waals surface area contributed by atoms with E-state index in [0.29, 0.717) is 0 Å². The van der Waals surface area contributed by atoms with Gasteiger partial charge >= 0.3 is 6.09 Å². The number of rotatable bonds is 3. The maximum atomic E-state index is 11.6. The fourth-order valence-electron chi connectivity index (χ4n) is 1.55. The third-order valence-electron chi connectivity index (χ3n) is 2.47. The van der Waals surface area contributed by atoms with Crippen molar-refractivity contribution in [2.75, 3.05) is 0 Å². The van der Waals surface area contributed by atoms with E-state index in [0.717, 1.165) is 5.56 Å². The molecule has 4 nitrogen and oxygen atoms in total. The van der Waals surface area contributed by atoms with Crippen molar-refractivity contribution in [1.29, 1.82) is 0 Å². The lowest BCUT2D eigenvalue weighted by Crippen LogP contribution is -2.42. The van der Waals surface area contributed by atoms with Crippen LogP contribution in [0, 0.1) is 0 Å². The molecule has 0 aliphatic heterocycles. The summed E-state index contributed by atoms with van der Waals surface area (Å²) >= 11 is 0. The van der Waals surface area contributed by atoms with E-state index in [4.69, 9.17) is 10.5 Å². The molecule has 0 aromatic heterocycles. The van der Waals surface area contributed by atoms with E-state index in [1.165, 1.54) is 0 Å². The van der Waals surface area contributed by atoms with E-state index < -0.39 is 11.7 Å². The van der Waals surface area contributed by atoms with Crippen LogP contribution in [0.2, 0.25) is 0 Å². The highest BCUT2D eigenvalue weighted by Gasteiger charge is 2.21. The quantitative estimate of drug-likeness (QED) is 0.866. The normalized spacial score (nSPS) is 14.7. The van der Waals surface area contributed by atoms with Crippen molar-refractivity contribution in [2.45, 2.75) is 45.4 Å². The van der Waals surface area contributed by atoms with Crippen LogP contribution in [0.15, 0.2) is 30.3 Å². The summed E-state index contributed by atoms with van der Waals surface area (Å²) in [6, 6.07) is 9.23. The summed E-state index contributed by atoms with van der Waals surface area (Å²) in [4.78, 5) is 11.6. The first-order valence-corrected chi connectivity index (χ1v) is 6.09. The Morgan fingerprint density at radius 1 is 1.28 bits per heavy atom. The molecular formula is C14H22N2O2. The topological polar surface area (TPSA) is 64.3 Å². The highest BCUT2D eigenvalue weighted by atomic mass is 16.6. The van der Waals surface area contributed by atoms with Gasteiger partial charge in [0.15, 0.2) is 0 Å². The molecule has 100 valence electrons. The van der Waals surface area contributed by atoms with Gasteiger partial charge in [-0.05, 0) is 33.3 Å². The van der Waals surface area contributed by atoms with E-state index in [9.17, 15) is 4.79 Å². The van der Waals surface area contributed by atoms with Gasteiger partial charge in [-0.2, -0.15) is 0 Å². The number of ether oxygens (including phenoxy) is 1. The van der Waals surface area contributed by atoms with Crippen LogP contribution in [-0.2, 0) is 4.74 Å². The van der Waals surface area contributed by atoms with Crippen molar-refractivity contribution in [3.05, 3.63) is 35.9 Å². The minimum atomic E-state index is -0.499. The van der Waals surface area contributed by atoms with Gasteiger partial charge < -0.3 is 15.8 Å². The monoisotopic (exact) mass is 250 g/mol. The Morgan fingerprint density at radius 3 is 2.33 bits per heavy atom. The SMILES string of the molecule is C[C@@H](NC(=O)OC(C)(C)C)C(N)c1ccccc1.